The van der Waals surface area contributed by atoms with Crippen molar-refractivity contribution in [3.8, 4) is 5.75 Å². The van der Waals surface area contributed by atoms with Crippen molar-refractivity contribution in [3.63, 3.8) is 0 Å². The van der Waals surface area contributed by atoms with E-state index < -0.39 is 0 Å². The van der Waals surface area contributed by atoms with Crippen molar-refractivity contribution >= 4 is 27.5 Å². The van der Waals surface area contributed by atoms with Crippen LogP contribution in [0, 0.1) is 0 Å². The van der Waals surface area contributed by atoms with Crippen LogP contribution in [0.15, 0.2) is 41.0 Å². The lowest BCUT2D eigenvalue weighted by molar-refractivity contribution is 0.414. The normalized spacial score (nSPS) is 12.2. The van der Waals surface area contributed by atoms with Crippen LogP contribution in [0.3, 0.4) is 0 Å². The molecular formula is C14H14BrClN2O. The Morgan fingerprint density at radius 2 is 2.11 bits per heavy atom. The summed E-state index contributed by atoms with van der Waals surface area (Å²) in [4.78, 5) is 4.42. The molecule has 0 aliphatic carbocycles. The van der Waals surface area contributed by atoms with E-state index >= 15 is 0 Å². The minimum absolute atomic E-state index is 0.000679. The lowest BCUT2D eigenvalue weighted by Crippen LogP contribution is -2.18. The van der Waals surface area contributed by atoms with Crippen molar-refractivity contribution in [1.82, 2.24) is 10.3 Å². The van der Waals surface area contributed by atoms with E-state index in [1.807, 2.05) is 37.4 Å². The first-order valence-corrected chi connectivity index (χ1v) is 6.95. The Kier molecular flexibility index (Phi) is 4.80. The highest BCUT2D eigenvalue weighted by molar-refractivity contribution is 9.10. The standard InChI is InChI=1S/C14H14BrClN2O/c1-17-14(12-6-4-10(15)8-18-12)9-3-5-11(16)13(7-9)19-2/h3-8,14,17H,1-2H3. The third-order valence-electron chi connectivity index (χ3n) is 2.84. The average Bonchev–Trinajstić information content (AvgIpc) is 2.43. The third kappa shape index (κ3) is 3.26. The number of pyridine rings is 1. The molecule has 19 heavy (non-hydrogen) atoms. The van der Waals surface area contributed by atoms with Gasteiger partial charge in [0.25, 0.3) is 0 Å². The fourth-order valence-electron chi connectivity index (χ4n) is 1.90. The smallest absolute Gasteiger partial charge is 0.137 e. The van der Waals surface area contributed by atoms with Gasteiger partial charge in [0.1, 0.15) is 5.75 Å². The van der Waals surface area contributed by atoms with E-state index in [9.17, 15) is 0 Å². The SMILES string of the molecule is CNC(c1ccc(Cl)c(OC)c1)c1ccc(Br)cn1. The predicted octanol–water partition coefficient (Wildman–Crippen LogP) is 3.81. The Balaban J connectivity index is 2.39. The van der Waals surface area contributed by atoms with Gasteiger partial charge in [-0.2, -0.15) is 0 Å². The minimum Gasteiger partial charge on any atom is -0.495 e. The molecule has 0 fully saturated rings. The van der Waals surface area contributed by atoms with Crippen LogP contribution < -0.4 is 10.1 Å². The number of nitrogens with one attached hydrogen (secondary N) is 1. The van der Waals surface area contributed by atoms with Crippen molar-refractivity contribution in [2.24, 2.45) is 0 Å². The summed E-state index contributed by atoms with van der Waals surface area (Å²) in [6, 6.07) is 9.67. The molecule has 0 saturated carbocycles. The van der Waals surface area contributed by atoms with E-state index in [-0.39, 0.29) is 6.04 Å². The van der Waals surface area contributed by atoms with Crippen LogP contribution in [0.4, 0.5) is 0 Å². The van der Waals surface area contributed by atoms with Crippen molar-refractivity contribution in [2.45, 2.75) is 6.04 Å². The van der Waals surface area contributed by atoms with Crippen molar-refractivity contribution in [2.75, 3.05) is 14.2 Å². The molecule has 0 bridgehead atoms. The summed E-state index contributed by atoms with van der Waals surface area (Å²) in [5, 5.41) is 3.85. The first-order chi connectivity index (χ1) is 9.15. The number of methoxy groups -OCH3 is 1. The largest absolute Gasteiger partial charge is 0.495 e. The summed E-state index contributed by atoms with van der Waals surface area (Å²) in [5.74, 6) is 0.663. The Bertz CT molecular complexity index is 560. The van der Waals surface area contributed by atoms with Crippen LogP contribution in [0.25, 0.3) is 0 Å². The van der Waals surface area contributed by atoms with E-state index in [2.05, 4.69) is 26.2 Å². The van der Waals surface area contributed by atoms with Gasteiger partial charge in [-0.15, -0.1) is 0 Å². The van der Waals surface area contributed by atoms with E-state index in [0.29, 0.717) is 10.8 Å². The summed E-state index contributed by atoms with van der Waals surface area (Å²) >= 11 is 9.43. The molecule has 1 N–H and O–H groups in total. The fourth-order valence-corrected chi connectivity index (χ4v) is 2.33. The Labute approximate surface area is 126 Å². The molecule has 0 amide bonds. The van der Waals surface area contributed by atoms with Crippen LogP contribution in [0.2, 0.25) is 5.02 Å². The molecule has 0 spiro atoms. The molecule has 100 valence electrons. The van der Waals surface area contributed by atoms with Crippen molar-refractivity contribution in [1.29, 1.82) is 0 Å². The molecule has 1 heterocycles. The molecule has 2 rings (SSSR count). The van der Waals surface area contributed by atoms with Gasteiger partial charge >= 0.3 is 0 Å². The second kappa shape index (κ2) is 6.37. The van der Waals surface area contributed by atoms with Crippen LogP contribution in [0.5, 0.6) is 5.75 Å². The maximum atomic E-state index is 6.04. The first-order valence-electron chi connectivity index (χ1n) is 5.78. The highest BCUT2D eigenvalue weighted by atomic mass is 79.9. The second-order valence-electron chi connectivity index (χ2n) is 4.02. The highest BCUT2D eigenvalue weighted by Gasteiger charge is 2.15. The molecule has 1 atom stereocenters. The monoisotopic (exact) mass is 340 g/mol. The molecule has 1 unspecified atom stereocenters. The van der Waals surface area contributed by atoms with Crippen LogP contribution in [-0.4, -0.2) is 19.1 Å². The number of hydrogen-bond acceptors (Lipinski definition) is 3. The molecule has 0 aliphatic heterocycles. The van der Waals surface area contributed by atoms with Crippen LogP contribution >= 0.6 is 27.5 Å². The Morgan fingerprint density at radius 1 is 1.32 bits per heavy atom. The van der Waals surface area contributed by atoms with E-state index in [4.69, 9.17) is 16.3 Å². The highest BCUT2D eigenvalue weighted by Crippen LogP contribution is 2.30. The summed E-state index contributed by atoms with van der Waals surface area (Å²) < 4.78 is 6.21. The fraction of sp³-hybridized carbons (Fsp3) is 0.214. The zero-order valence-corrected chi connectivity index (χ0v) is 13.0. The lowest BCUT2D eigenvalue weighted by atomic mass is 10.0. The molecule has 0 aliphatic rings. The van der Waals surface area contributed by atoms with Gasteiger partial charge in [-0.1, -0.05) is 17.7 Å². The topological polar surface area (TPSA) is 34.1 Å². The molecule has 3 nitrogen and oxygen atoms in total. The van der Waals surface area contributed by atoms with Crippen LogP contribution in [0.1, 0.15) is 17.3 Å². The van der Waals surface area contributed by atoms with Gasteiger partial charge in [0.05, 0.1) is 23.9 Å². The summed E-state index contributed by atoms with van der Waals surface area (Å²) in [6.45, 7) is 0. The number of benzene rings is 1. The van der Waals surface area contributed by atoms with Gasteiger partial charge in [-0.3, -0.25) is 4.98 Å². The van der Waals surface area contributed by atoms with Gasteiger partial charge < -0.3 is 10.1 Å². The number of aromatic nitrogens is 1. The predicted molar refractivity (Wildman–Crippen MR) is 80.8 cm³/mol. The molecule has 0 saturated heterocycles. The lowest BCUT2D eigenvalue weighted by Gasteiger charge is -2.17. The first kappa shape index (κ1) is 14.3. The van der Waals surface area contributed by atoms with E-state index in [0.717, 1.165) is 15.7 Å². The maximum absolute atomic E-state index is 6.04. The van der Waals surface area contributed by atoms with Gasteiger partial charge in [0.15, 0.2) is 0 Å². The van der Waals surface area contributed by atoms with Gasteiger partial charge in [-0.05, 0) is 52.8 Å². The molecule has 1 aromatic carbocycles. The zero-order chi connectivity index (χ0) is 13.8. The number of halogens is 2. The zero-order valence-electron chi connectivity index (χ0n) is 10.7. The molecular weight excluding hydrogens is 328 g/mol. The number of rotatable bonds is 4. The van der Waals surface area contributed by atoms with Crippen molar-refractivity contribution in [3.05, 3.63) is 57.3 Å². The summed E-state index contributed by atoms with van der Waals surface area (Å²) in [6.07, 6.45) is 1.78. The average molecular weight is 342 g/mol. The van der Waals surface area contributed by atoms with E-state index in [1.54, 1.807) is 13.3 Å². The summed E-state index contributed by atoms with van der Waals surface area (Å²) in [5.41, 5.74) is 1.99. The van der Waals surface area contributed by atoms with Gasteiger partial charge in [-0.25, -0.2) is 0 Å². The van der Waals surface area contributed by atoms with Crippen LogP contribution in [-0.2, 0) is 0 Å². The Hall–Kier alpha value is -1.10. The number of ether oxygens (including phenoxy) is 1. The number of hydrogen-bond donors (Lipinski definition) is 1. The van der Waals surface area contributed by atoms with E-state index in [1.165, 1.54) is 0 Å². The maximum Gasteiger partial charge on any atom is 0.137 e. The van der Waals surface area contributed by atoms with Gasteiger partial charge in [0, 0.05) is 10.7 Å². The minimum atomic E-state index is -0.000679. The Morgan fingerprint density at radius 3 is 2.68 bits per heavy atom. The second-order valence-corrected chi connectivity index (χ2v) is 5.34. The van der Waals surface area contributed by atoms with Crippen molar-refractivity contribution < 1.29 is 4.74 Å². The molecule has 0 radical (unpaired) electrons. The quantitative estimate of drug-likeness (QED) is 0.918. The molecule has 5 heteroatoms. The third-order valence-corrected chi connectivity index (χ3v) is 3.62. The summed E-state index contributed by atoms with van der Waals surface area (Å²) in [7, 11) is 3.51. The van der Waals surface area contributed by atoms with Gasteiger partial charge in [0.2, 0.25) is 0 Å². The number of nitrogens with zero attached hydrogens (tertiary/aromatic N) is 1. The molecule has 2 aromatic rings. The molecule has 1 aromatic heterocycles.